The van der Waals surface area contributed by atoms with Crippen LogP contribution in [0, 0.1) is 5.41 Å². The highest BCUT2D eigenvalue weighted by molar-refractivity contribution is 6.05. The highest BCUT2D eigenvalue weighted by atomic mass is 16.5. The number of carbonyl (C=O) groups is 4. The number of nitrogens with zero attached hydrogens (tertiary/aromatic N) is 4. The van der Waals surface area contributed by atoms with Gasteiger partial charge in [-0.05, 0) is 115 Å². The SMILES string of the molecule is COC(=O)N[C@@H](C)C(=O)N1CCC[C@H]1C1=NC=C(c2ccc(-c3ccc(C4=CN=C([C@@H]5CCCN5C(=O)[C@H](C)NC(=O)OC)C4)c4c3CC3(CCCC3)C4)cc2)C1. The van der Waals surface area contributed by atoms with Gasteiger partial charge in [0.05, 0.1) is 26.3 Å². The molecule has 6 aliphatic rings. The number of hydrogen-bond acceptors (Lipinski definition) is 8. The van der Waals surface area contributed by atoms with Crippen LogP contribution in [0.4, 0.5) is 9.59 Å². The molecule has 0 radical (unpaired) electrons. The van der Waals surface area contributed by atoms with Gasteiger partial charge in [-0.1, -0.05) is 49.2 Å². The van der Waals surface area contributed by atoms with Gasteiger partial charge in [-0.25, -0.2) is 9.59 Å². The molecule has 2 aliphatic carbocycles. The van der Waals surface area contributed by atoms with E-state index in [0.29, 0.717) is 24.9 Å². The van der Waals surface area contributed by atoms with Crippen molar-refractivity contribution < 1.29 is 28.7 Å². The number of ether oxygens (including phenoxy) is 2. The molecule has 2 aromatic carbocycles. The standard InChI is InChI=1S/C45H54N6O6/c1-27(48-43(54)56-3)41(52)50-19-7-9-39(50)37-21-31(25-46-37)29-11-13-30(14-12-29)33-15-16-34(36-24-45(23-35(33)36)17-5-6-18-45)32-22-38(47-26-32)40-10-8-20-51(40)42(53)28(2)49-44(55)57-4/h11-16,25-28,39-40H,5-10,17-24H2,1-4H3,(H,48,54)(H,49,55)/t27-,28-,39-,40-/m0/s1. The lowest BCUT2D eigenvalue weighted by molar-refractivity contribution is -0.133. The van der Waals surface area contributed by atoms with Crippen molar-refractivity contribution in [2.24, 2.45) is 15.4 Å². The second-order valence-corrected chi connectivity index (χ2v) is 16.8. The molecule has 12 heteroatoms. The van der Waals surface area contributed by atoms with Crippen molar-refractivity contribution in [2.75, 3.05) is 27.3 Å². The number of fused-ring (bicyclic) bond motifs is 1. The first kappa shape index (κ1) is 38.6. The molecule has 300 valence electrons. The van der Waals surface area contributed by atoms with Gasteiger partial charge >= 0.3 is 12.2 Å². The lowest BCUT2D eigenvalue weighted by atomic mass is 9.82. The Hall–Kier alpha value is -5.26. The molecule has 0 aromatic heterocycles. The summed E-state index contributed by atoms with van der Waals surface area (Å²) in [5.74, 6) is -0.226. The molecule has 4 heterocycles. The molecule has 3 fully saturated rings. The Morgan fingerprint density at radius 1 is 0.667 bits per heavy atom. The van der Waals surface area contributed by atoms with Crippen molar-refractivity contribution in [1.29, 1.82) is 0 Å². The fraction of sp³-hybridized carbons (Fsp3) is 0.511. The lowest BCUT2D eigenvalue weighted by Gasteiger charge is -2.28. The molecular formula is C45H54N6O6. The number of benzene rings is 2. The van der Waals surface area contributed by atoms with Crippen molar-refractivity contribution in [3.8, 4) is 11.1 Å². The number of methoxy groups -OCH3 is 2. The van der Waals surface area contributed by atoms with E-state index in [1.54, 1.807) is 13.8 Å². The van der Waals surface area contributed by atoms with E-state index in [1.807, 2.05) is 22.2 Å². The smallest absolute Gasteiger partial charge is 0.407 e. The zero-order valence-electron chi connectivity index (χ0n) is 33.6. The third-order valence-corrected chi connectivity index (χ3v) is 13.2. The van der Waals surface area contributed by atoms with Gasteiger partial charge in [0.1, 0.15) is 12.1 Å². The first-order valence-electron chi connectivity index (χ1n) is 20.6. The quantitative estimate of drug-likeness (QED) is 0.286. The molecule has 57 heavy (non-hydrogen) atoms. The first-order chi connectivity index (χ1) is 27.6. The maximum Gasteiger partial charge on any atom is 0.407 e. The Morgan fingerprint density at radius 3 is 1.68 bits per heavy atom. The number of carbonyl (C=O) groups excluding carboxylic acids is 4. The number of hydrogen-bond donors (Lipinski definition) is 2. The van der Waals surface area contributed by atoms with Gasteiger partial charge in [0, 0.05) is 49.8 Å². The molecule has 0 unspecified atom stereocenters. The Balaban J connectivity index is 0.966. The van der Waals surface area contributed by atoms with Crippen molar-refractivity contribution in [1.82, 2.24) is 20.4 Å². The van der Waals surface area contributed by atoms with E-state index in [1.165, 1.54) is 73.3 Å². The van der Waals surface area contributed by atoms with Gasteiger partial charge in [0.15, 0.2) is 0 Å². The van der Waals surface area contributed by atoms with Crippen LogP contribution >= 0.6 is 0 Å². The van der Waals surface area contributed by atoms with Gasteiger partial charge < -0.3 is 29.9 Å². The normalized spacial score (nSPS) is 23.1. The Morgan fingerprint density at radius 2 is 1.14 bits per heavy atom. The molecule has 2 saturated heterocycles. The molecule has 4 atom stereocenters. The minimum atomic E-state index is -0.673. The van der Waals surface area contributed by atoms with Crippen molar-refractivity contribution >= 4 is 46.6 Å². The third kappa shape index (κ3) is 7.50. The number of allylic oxidation sites excluding steroid dienone is 2. The van der Waals surface area contributed by atoms with Crippen LogP contribution in [-0.2, 0) is 31.9 Å². The van der Waals surface area contributed by atoms with E-state index in [4.69, 9.17) is 19.5 Å². The number of amides is 4. The van der Waals surface area contributed by atoms with Gasteiger partial charge in [-0.3, -0.25) is 19.6 Å². The predicted molar refractivity (Wildman–Crippen MR) is 220 cm³/mol. The van der Waals surface area contributed by atoms with Crippen LogP contribution in [0.15, 0.2) is 58.8 Å². The van der Waals surface area contributed by atoms with Crippen LogP contribution < -0.4 is 10.6 Å². The number of likely N-dealkylation sites (tertiary alicyclic amines) is 2. The monoisotopic (exact) mass is 774 g/mol. The molecule has 2 N–H and O–H groups in total. The number of aliphatic imine (C=N–C) groups is 2. The fourth-order valence-corrected chi connectivity index (χ4v) is 10.3. The van der Waals surface area contributed by atoms with Crippen molar-refractivity contribution in [2.45, 2.75) is 115 Å². The van der Waals surface area contributed by atoms with Gasteiger partial charge in [-0.2, -0.15) is 0 Å². The number of nitrogens with one attached hydrogen (secondary N) is 2. The molecule has 1 spiro atoms. The Labute approximate surface area is 334 Å². The maximum atomic E-state index is 13.4. The molecule has 8 rings (SSSR count). The molecule has 4 amide bonds. The average molecular weight is 775 g/mol. The lowest BCUT2D eigenvalue weighted by Crippen LogP contribution is -2.50. The van der Waals surface area contributed by atoms with Crippen LogP contribution in [-0.4, -0.2) is 96.7 Å². The van der Waals surface area contributed by atoms with Crippen LogP contribution in [0.5, 0.6) is 0 Å². The van der Waals surface area contributed by atoms with Crippen LogP contribution in [0.25, 0.3) is 22.3 Å². The van der Waals surface area contributed by atoms with E-state index < -0.39 is 24.3 Å². The molecule has 2 aromatic rings. The summed E-state index contributed by atoms with van der Waals surface area (Å²) in [6, 6.07) is 12.0. The zero-order valence-corrected chi connectivity index (χ0v) is 33.6. The van der Waals surface area contributed by atoms with E-state index in [2.05, 4.69) is 47.0 Å². The van der Waals surface area contributed by atoms with Crippen LogP contribution in [0.3, 0.4) is 0 Å². The van der Waals surface area contributed by atoms with Gasteiger partial charge in [0.25, 0.3) is 0 Å². The summed E-state index contributed by atoms with van der Waals surface area (Å²) in [7, 11) is 2.59. The summed E-state index contributed by atoms with van der Waals surface area (Å²) < 4.78 is 9.41. The summed E-state index contributed by atoms with van der Waals surface area (Å²) in [5, 5.41) is 5.23. The van der Waals surface area contributed by atoms with E-state index in [0.717, 1.165) is 67.5 Å². The summed E-state index contributed by atoms with van der Waals surface area (Å²) in [6.45, 7) is 4.69. The summed E-state index contributed by atoms with van der Waals surface area (Å²) in [5.41, 5.74) is 12.5. The molecule has 12 nitrogen and oxygen atoms in total. The van der Waals surface area contributed by atoms with Crippen LogP contribution in [0.1, 0.15) is 100 Å². The summed E-state index contributed by atoms with van der Waals surface area (Å²) in [6.07, 6.45) is 15.0. The average Bonchev–Trinajstić information content (AvgIpc) is 4.08. The largest absolute Gasteiger partial charge is 0.453 e. The predicted octanol–water partition coefficient (Wildman–Crippen LogP) is 6.85. The molecule has 4 aliphatic heterocycles. The molecule has 0 bridgehead atoms. The Bertz CT molecular complexity index is 2080. The highest BCUT2D eigenvalue weighted by Crippen LogP contribution is 2.53. The number of alkyl carbamates (subject to hydrolysis) is 2. The summed E-state index contributed by atoms with van der Waals surface area (Å²) >= 11 is 0. The first-order valence-corrected chi connectivity index (χ1v) is 20.6. The van der Waals surface area contributed by atoms with Crippen LogP contribution in [0.2, 0.25) is 0 Å². The van der Waals surface area contributed by atoms with E-state index in [9.17, 15) is 19.2 Å². The van der Waals surface area contributed by atoms with Crippen molar-refractivity contribution in [3.63, 3.8) is 0 Å². The Kier molecular flexibility index (Phi) is 10.8. The second-order valence-electron chi connectivity index (χ2n) is 16.8. The van der Waals surface area contributed by atoms with E-state index in [-0.39, 0.29) is 23.9 Å². The fourth-order valence-electron chi connectivity index (χ4n) is 10.3. The van der Waals surface area contributed by atoms with Crippen molar-refractivity contribution in [3.05, 3.63) is 71.1 Å². The zero-order chi connectivity index (χ0) is 39.8. The topological polar surface area (TPSA) is 142 Å². The third-order valence-electron chi connectivity index (χ3n) is 13.2. The highest BCUT2D eigenvalue weighted by Gasteiger charge is 2.43. The maximum absolute atomic E-state index is 13.4. The molecular weight excluding hydrogens is 721 g/mol. The van der Waals surface area contributed by atoms with Gasteiger partial charge in [0.2, 0.25) is 11.8 Å². The minimum Gasteiger partial charge on any atom is -0.453 e. The van der Waals surface area contributed by atoms with E-state index >= 15 is 0 Å². The summed E-state index contributed by atoms with van der Waals surface area (Å²) in [4.78, 5) is 63.7. The second kappa shape index (κ2) is 15.9. The number of rotatable bonds is 9. The molecule has 1 saturated carbocycles. The minimum absolute atomic E-state index is 0.0738. The van der Waals surface area contributed by atoms with Gasteiger partial charge in [-0.15, -0.1) is 0 Å².